The maximum absolute atomic E-state index is 12.3. The number of hydrogen-bond acceptors (Lipinski definition) is 1. The lowest BCUT2D eigenvalue weighted by Crippen LogP contribution is -2.17. The average Bonchev–Trinajstić information content (AvgIpc) is 2.62. The molecule has 0 aromatic heterocycles. The van der Waals surface area contributed by atoms with E-state index in [9.17, 15) is 4.79 Å². The van der Waals surface area contributed by atoms with Gasteiger partial charge in [0.05, 0.1) is 10.7 Å². The Labute approximate surface area is 127 Å². The van der Waals surface area contributed by atoms with Crippen LogP contribution in [0.3, 0.4) is 0 Å². The van der Waals surface area contributed by atoms with E-state index in [2.05, 4.69) is 55.6 Å². The van der Waals surface area contributed by atoms with E-state index in [4.69, 9.17) is 11.6 Å². The summed E-state index contributed by atoms with van der Waals surface area (Å²) in [7, 11) is 0. The van der Waals surface area contributed by atoms with E-state index >= 15 is 0 Å². The van der Waals surface area contributed by atoms with Crippen LogP contribution in [-0.2, 0) is 4.79 Å². The fourth-order valence-corrected chi connectivity index (χ4v) is 3.55. The fraction of sp³-hybridized carbons (Fsp3) is 0.500. The van der Waals surface area contributed by atoms with E-state index < -0.39 is 0 Å². The lowest BCUT2D eigenvalue weighted by atomic mass is 10.0. The Kier molecular flexibility index (Phi) is 3.43. The highest BCUT2D eigenvalue weighted by Gasteiger charge is 2.68. The number of hydrogen-bond donors (Lipinski definition) is 1. The third-order valence-corrected chi connectivity index (χ3v) is 5.46. The Morgan fingerprint density at radius 2 is 1.83 bits per heavy atom. The largest absolute Gasteiger partial charge is 0.324 e. The van der Waals surface area contributed by atoms with Gasteiger partial charge in [-0.3, -0.25) is 4.79 Å². The quantitative estimate of drug-likeness (QED) is 0.752. The average molecular weight is 378 g/mol. The molecule has 0 spiro atoms. The summed E-state index contributed by atoms with van der Waals surface area (Å²) >= 11 is 8.32. The molecule has 2 nitrogen and oxygen atoms in total. The molecule has 0 saturated heterocycles. The van der Waals surface area contributed by atoms with Crippen LogP contribution in [0.4, 0.5) is 5.69 Å². The number of halogens is 2. The molecule has 18 heavy (non-hydrogen) atoms. The van der Waals surface area contributed by atoms with Crippen LogP contribution >= 0.6 is 34.2 Å². The third-order valence-electron chi connectivity index (χ3n) is 4.47. The summed E-state index contributed by atoms with van der Waals surface area (Å²) in [5, 5.41) is 3.53. The summed E-state index contributed by atoms with van der Waals surface area (Å²) in [6.07, 6.45) is 0. The molecular formula is C14H17ClINO. The summed E-state index contributed by atoms with van der Waals surface area (Å²) in [5.41, 5.74) is 0.792. The zero-order valence-corrected chi connectivity index (χ0v) is 13.9. The van der Waals surface area contributed by atoms with E-state index in [1.807, 2.05) is 18.2 Å². The van der Waals surface area contributed by atoms with Gasteiger partial charge in [0.1, 0.15) is 0 Å². The minimum absolute atomic E-state index is 0.0420. The highest BCUT2D eigenvalue weighted by Crippen LogP contribution is 2.68. The van der Waals surface area contributed by atoms with E-state index in [-0.39, 0.29) is 22.7 Å². The van der Waals surface area contributed by atoms with Crippen molar-refractivity contribution in [2.75, 3.05) is 5.32 Å². The first-order chi connectivity index (χ1) is 8.18. The molecule has 1 fully saturated rings. The van der Waals surface area contributed by atoms with Crippen molar-refractivity contribution in [2.45, 2.75) is 27.7 Å². The predicted molar refractivity (Wildman–Crippen MR) is 83.9 cm³/mol. The standard InChI is InChI=1S/C14H17ClINO/c1-13(2)11(14(13,3)4)12(18)17-10-6-5-8(16)7-9(10)15/h5-7,11H,1-4H3,(H,17,18). The van der Waals surface area contributed by atoms with Crippen molar-refractivity contribution in [2.24, 2.45) is 16.7 Å². The van der Waals surface area contributed by atoms with Crippen LogP contribution < -0.4 is 5.32 Å². The van der Waals surface area contributed by atoms with E-state index in [0.717, 1.165) is 3.57 Å². The van der Waals surface area contributed by atoms with Crippen molar-refractivity contribution >= 4 is 45.8 Å². The molecule has 1 saturated carbocycles. The van der Waals surface area contributed by atoms with Crippen LogP contribution in [0, 0.1) is 20.3 Å². The maximum Gasteiger partial charge on any atom is 0.228 e. The van der Waals surface area contributed by atoms with E-state index in [0.29, 0.717) is 10.7 Å². The smallest absolute Gasteiger partial charge is 0.228 e. The first kappa shape index (κ1) is 14.1. The van der Waals surface area contributed by atoms with Gasteiger partial charge in [-0.25, -0.2) is 0 Å². The van der Waals surface area contributed by atoms with E-state index in [1.165, 1.54) is 0 Å². The second kappa shape index (κ2) is 4.37. The molecule has 0 unspecified atom stereocenters. The molecule has 1 aliphatic carbocycles. The molecule has 0 radical (unpaired) electrons. The molecule has 98 valence electrons. The Balaban J connectivity index is 2.14. The van der Waals surface area contributed by atoms with Gasteiger partial charge in [-0.15, -0.1) is 0 Å². The van der Waals surface area contributed by atoms with Crippen LogP contribution in [0.25, 0.3) is 0 Å². The molecule has 0 atom stereocenters. The van der Waals surface area contributed by atoms with Gasteiger partial charge in [0, 0.05) is 9.49 Å². The molecule has 1 aromatic carbocycles. The Hall–Kier alpha value is -0.290. The lowest BCUT2D eigenvalue weighted by molar-refractivity contribution is -0.118. The van der Waals surface area contributed by atoms with Gasteiger partial charge in [0.2, 0.25) is 5.91 Å². The van der Waals surface area contributed by atoms with Crippen LogP contribution in [0.5, 0.6) is 0 Å². The second-order valence-electron chi connectivity index (χ2n) is 5.99. The van der Waals surface area contributed by atoms with Gasteiger partial charge in [-0.05, 0) is 51.6 Å². The van der Waals surface area contributed by atoms with Crippen molar-refractivity contribution in [1.29, 1.82) is 0 Å². The molecular weight excluding hydrogens is 361 g/mol. The maximum atomic E-state index is 12.3. The Bertz CT molecular complexity index is 497. The third kappa shape index (κ3) is 2.16. The van der Waals surface area contributed by atoms with Crippen LogP contribution in [0.1, 0.15) is 27.7 Å². The number of amides is 1. The van der Waals surface area contributed by atoms with Gasteiger partial charge in [0.25, 0.3) is 0 Å². The molecule has 1 amide bonds. The number of rotatable bonds is 2. The van der Waals surface area contributed by atoms with Crippen LogP contribution in [0.15, 0.2) is 18.2 Å². The zero-order valence-electron chi connectivity index (χ0n) is 11.0. The van der Waals surface area contributed by atoms with Crippen molar-refractivity contribution in [3.8, 4) is 0 Å². The first-order valence-corrected chi connectivity index (χ1v) is 7.39. The predicted octanol–water partition coefficient (Wildman–Crippen LogP) is 4.57. The number of carbonyl (C=O) groups excluding carboxylic acids is 1. The first-order valence-electron chi connectivity index (χ1n) is 5.94. The number of benzene rings is 1. The van der Waals surface area contributed by atoms with Crippen molar-refractivity contribution in [3.63, 3.8) is 0 Å². The Morgan fingerprint density at radius 3 is 2.28 bits per heavy atom. The molecule has 0 heterocycles. The van der Waals surface area contributed by atoms with Gasteiger partial charge >= 0.3 is 0 Å². The van der Waals surface area contributed by atoms with Gasteiger partial charge in [-0.1, -0.05) is 39.3 Å². The summed E-state index contributed by atoms with van der Waals surface area (Å²) < 4.78 is 1.06. The zero-order chi connectivity index (χ0) is 13.7. The monoisotopic (exact) mass is 377 g/mol. The highest BCUT2D eigenvalue weighted by molar-refractivity contribution is 14.1. The van der Waals surface area contributed by atoms with Crippen LogP contribution in [-0.4, -0.2) is 5.91 Å². The molecule has 2 rings (SSSR count). The Morgan fingerprint density at radius 1 is 1.28 bits per heavy atom. The molecule has 1 N–H and O–H groups in total. The lowest BCUT2D eigenvalue weighted by Gasteiger charge is -2.08. The SMILES string of the molecule is CC1(C)C(C(=O)Nc2ccc(I)cc2Cl)C1(C)C. The number of nitrogens with one attached hydrogen (secondary N) is 1. The minimum atomic E-state index is 0.0420. The number of anilines is 1. The van der Waals surface area contributed by atoms with Crippen LogP contribution in [0.2, 0.25) is 5.02 Å². The molecule has 0 aliphatic heterocycles. The molecule has 0 bridgehead atoms. The molecule has 1 aromatic rings. The van der Waals surface area contributed by atoms with Crippen molar-refractivity contribution in [3.05, 3.63) is 26.8 Å². The molecule has 4 heteroatoms. The van der Waals surface area contributed by atoms with Gasteiger partial charge < -0.3 is 5.32 Å². The second-order valence-corrected chi connectivity index (χ2v) is 7.64. The van der Waals surface area contributed by atoms with E-state index in [1.54, 1.807) is 0 Å². The van der Waals surface area contributed by atoms with Crippen molar-refractivity contribution < 1.29 is 4.79 Å². The normalized spacial score (nSPS) is 20.6. The van der Waals surface area contributed by atoms with Gasteiger partial charge in [0.15, 0.2) is 0 Å². The number of carbonyl (C=O) groups is 1. The minimum Gasteiger partial charge on any atom is -0.324 e. The molecule has 1 aliphatic rings. The highest BCUT2D eigenvalue weighted by atomic mass is 127. The summed E-state index contributed by atoms with van der Waals surface area (Å²) in [6, 6.07) is 5.64. The summed E-state index contributed by atoms with van der Waals surface area (Å²) in [6.45, 7) is 8.53. The van der Waals surface area contributed by atoms with Gasteiger partial charge in [-0.2, -0.15) is 0 Å². The summed E-state index contributed by atoms with van der Waals surface area (Å²) in [4.78, 5) is 12.3. The fourth-order valence-electron chi connectivity index (χ4n) is 2.65. The topological polar surface area (TPSA) is 29.1 Å². The summed E-state index contributed by atoms with van der Waals surface area (Å²) in [5.74, 6) is 0.105. The van der Waals surface area contributed by atoms with Crippen molar-refractivity contribution in [1.82, 2.24) is 0 Å².